The molecule has 2 heterocycles. The van der Waals surface area contributed by atoms with E-state index < -0.39 is 17.4 Å². The third-order valence-corrected chi connectivity index (χ3v) is 3.81. The number of aliphatic hydroxyl groups is 1. The highest BCUT2D eigenvalue weighted by Crippen LogP contribution is 2.10. The lowest BCUT2D eigenvalue weighted by molar-refractivity contribution is 0.0933. The fourth-order valence-electron chi connectivity index (χ4n) is 2.52. The van der Waals surface area contributed by atoms with Crippen molar-refractivity contribution < 1.29 is 9.84 Å². The summed E-state index contributed by atoms with van der Waals surface area (Å²) in [7, 11) is 2.97. The first kappa shape index (κ1) is 16.0. The normalized spacial score (nSPS) is 12.5. The number of nitrogens with zero attached hydrogens (tertiary/aromatic N) is 4. The number of fused-ring (bicyclic) bond motifs is 1. The van der Waals surface area contributed by atoms with Crippen molar-refractivity contribution in [1.29, 1.82) is 0 Å². The summed E-state index contributed by atoms with van der Waals surface area (Å²) in [6, 6.07) is 9.15. The first-order valence-electron chi connectivity index (χ1n) is 7.46. The van der Waals surface area contributed by atoms with Gasteiger partial charge < -0.3 is 14.4 Å². The van der Waals surface area contributed by atoms with Crippen LogP contribution in [0, 0.1) is 0 Å². The second kappa shape index (κ2) is 6.32. The molecule has 0 saturated carbocycles. The molecule has 1 atom stereocenters. The number of hydrogen-bond donors (Lipinski definition) is 1. The van der Waals surface area contributed by atoms with Crippen molar-refractivity contribution in [2.45, 2.75) is 12.6 Å². The van der Waals surface area contributed by atoms with Crippen LogP contribution in [0.15, 0.2) is 46.2 Å². The average molecular weight is 330 g/mol. The highest BCUT2D eigenvalue weighted by molar-refractivity contribution is 5.69. The molecular weight excluding hydrogens is 312 g/mol. The Bertz CT molecular complexity index is 971. The number of imidazole rings is 1. The van der Waals surface area contributed by atoms with Gasteiger partial charge in [-0.25, -0.2) is 9.78 Å². The van der Waals surface area contributed by atoms with Crippen molar-refractivity contribution >= 4 is 11.2 Å². The number of rotatable bonds is 5. The number of aliphatic hydroxyl groups excluding tert-OH is 1. The summed E-state index contributed by atoms with van der Waals surface area (Å²) in [6.45, 7) is 0.215. The van der Waals surface area contributed by atoms with Gasteiger partial charge in [-0.3, -0.25) is 13.9 Å². The van der Waals surface area contributed by atoms with Crippen molar-refractivity contribution in [2.24, 2.45) is 14.1 Å². The SMILES string of the molecule is Cn1c(=O)c2c(ncn2C[C@@H](O)COc2ccccc2)n(C)c1=O. The van der Waals surface area contributed by atoms with E-state index in [2.05, 4.69) is 4.98 Å². The lowest BCUT2D eigenvalue weighted by atomic mass is 10.3. The van der Waals surface area contributed by atoms with Crippen molar-refractivity contribution in [1.82, 2.24) is 18.7 Å². The van der Waals surface area contributed by atoms with E-state index in [1.54, 1.807) is 19.2 Å². The lowest BCUT2D eigenvalue weighted by Gasteiger charge is -2.13. The van der Waals surface area contributed by atoms with Crippen LogP contribution in [-0.2, 0) is 20.6 Å². The average Bonchev–Trinajstić information content (AvgIpc) is 3.01. The maximum absolute atomic E-state index is 12.3. The largest absolute Gasteiger partial charge is 0.491 e. The van der Waals surface area contributed by atoms with Crippen LogP contribution in [0.1, 0.15) is 0 Å². The first-order chi connectivity index (χ1) is 11.5. The standard InChI is InChI=1S/C16H18N4O4/c1-18-14-13(15(22)19(2)16(18)23)20(10-17-14)8-11(21)9-24-12-6-4-3-5-7-12/h3-7,10-11,21H,8-9H2,1-2H3/t11-/m1/s1. The number of aromatic nitrogens is 4. The van der Waals surface area contributed by atoms with Crippen LogP contribution < -0.4 is 16.0 Å². The Hall–Kier alpha value is -2.87. The van der Waals surface area contributed by atoms with Gasteiger partial charge in [0.25, 0.3) is 5.56 Å². The van der Waals surface area contributed by atoms with Crippen LogP contribution in [0.2, 0.25) is 0 Å². The van der Waals surface area contributed by atoms with E-state index in [9.17, 15) is 14.7 Å². The quantitative estimate of drug-likeness (QED) is 0.704. The van der Waals surface area contributed by atoms with Gasteiger partial charge in [0.15, 0.2) is 11.2 Å². The second-order valence-electron chi connectivity index (χ2n) is 5.55. The number of benzene rings is 1. The van der Waals surface area contributed by atoms with Gasteiger partial charge in [0.05, 0.1) is 12.9 Å². The van der Waals surface area contributed by atoms with Gasteiger partial charge >= 0.3 is 5.69 Å². The van der Waals surface area contributed by atoms with Crippen molar-refractivity contribution in [2.75, 3.05) is 6.61 Å². The summed E-state index contributed by atoms with van der Waals surface area (Å²) >= 11 is 0. The van der Waals surface area contributed by atoms with E-state index in [4.69, 9.17) is 4.74 Å². The first-order valence-corrected chi connectivity index (χ1v) is 7.46. The molecule has 0 aliphatic carbocycles. The van der Waals surface area contributed by atoms with Crippen LogP contribution in [0.25, 0.3) is 11.2 Å². The topological polar surface area (TPSA) is 91.3 Å². The van der Waals surface area contributed by atoms with Crippen molar-refractivity contribution in [3.05, 3.63) is 57.5 Å². The molecule has 2 aromatic heterocycles. The molecule has 0 bridgehead atoms. The highest BCUT2D eigenvalue weighted by Gasteiger charge is 2.16. The molecule has 8 nitrogen and oxygen atoms in total. The predicted molar refractivity (Wildman–Crippen MR) is 88.2 cm³/mol. The van der Waals surface area contributed by atoms with Crippen molar-refractivity contribution in [3.63, 3.8) is 0 Å². The zero-order valence-electron chi connectivity index (χ0n) is 13.4. The lowest BCUT2D eigenvalue weighted by Crippen LogP contribution is -2.38. The molecule has 0 saturated heterocycles. The van der Waals surface area contributed by atoms with Crippen LogP contribution >= 0.6 is 0 Å². The Labute approximate surface area is 137 Å². The third-order valence-electron chi connectivity index (χ3n) is 3.81. The maximum atomic E-state index is 12.3. The Morgan fingerprint density at radius 1 is 1.17 bits per heavy atom. The summed E-state index contributed by atoms with van der Waals surface area (Å²) in [4.78, 5) is 28.3. The predicted octanol–water partition coefficient (Wildman–Crippen LogP) is -0.126. The van der Waals surface area contributed by atoms with Crippen molar-refractivity contribution in [3.8, 4) is 5.75 Å². The van der Waals surface area contributed by atoms with E-state index in [1.807, 2.05) is 18.2 Å². The zero-order valence-corrected chi connectivity index (χ0v) is 13.4. The molecule has 3 rings (SSSR count). The monoisotopic (exact) mass is 330 g/mol. The number of aryl methyl sites for hydroxylation is 1. The van der Waals surface area contributed by atoms with Crippen LogP contribution in [0.4, 0.5) is 0 Å². The number of para-hydroxylation sites is 1. The molecule has 1 N–H and O–H groups in total. The Morgan fingerprint density at radius 2 is 1.88 bits per heavy atom. The third kappa shape index (κ3) is 2.83. The minimum absolute atomic E-state index is 0.0791. The van der Waals surface area contributed by atoms with Gasteiger partial charge in [0.1, 0.15) is 18.5 Å². The van der Waals surface area contributed by atoms with Crippen LogP contribution in [0.5, 0.6) is 5.75 Å². The highest BCUT2D eigenvalue weighted by atomic mass is 16.5. The molecule has 0 aliphatic rings. The van der Waals surface area contributed by atoms with E-state index in [0.717, 1.165) is 4.57 Å². The Balaban J connectivity index is 1.83. The Morgan fingerprint density at radius 3 is 2.58 bits per heavy atom. The van der Waals surface area contributed by atoms with Crippen LogP contribution in [0.3, 0.4) is 0 Å². The number of ether oxygens (including phenoxy) is 1. The number of hydrogen-bond acceptors (Lipinski definition) is 5. The molecule has 0 aliphatic heterocycles. The summed E-state index contributed by atoms with van der Waals surface area (Å²) < 4.78 is 9.37. The van der Waals surface area contributed by atoms with Gasteiger partial charge in [-0.15, -0.1) is 0 Å². The second-order valence-corrected chi connectivity index (χ2v) is 5.55. The molecule has 8 heteroatoms. The fourth-order valence-corrected chi connectivity index (χ4v) is 2.52. The summed E-state index contributed by atoms with van der Waals surface area (Å²) in [5.41, 5.74) is -0.315. The van der Waals surface area contributed by atoms with Crippen LogP contribution in [-0.4, -0.2) is 36.5 Å². The van der Waals surface area contributed by atoms with E-state index >= 15 is 0 Å². The Kier molecular flexibility index (Phi) is 4.22. The zero-order chi connectivity index (χ0) is 17.3. The van der Waals surface area contributed by atoms with Gasteiger partial charge in [0, 0.05) is 14.1 Å². The summed E-state index contributed by atoms with van der Waals surface area (Å²) in [5, 5.41) is 10.2. The van der Waals surface area contributed by atoms with Gasteiger partial charge in [-0.1, -0.05) is 18.2 Å². The molecule has 0 unspecified atom stereocenters. The molecule has 24 heavy (non-hydrogen) atoms. The molecule has 0 amide bonds. The smallest absolute Gasteiger partial charge is 0.332 e. The van der Waals surface area contributed by atoms with Gasteiger partial charge in [-0.2, -0.15) is 0 Å². The maximum Gasteiger partial charge on any atom is 0.332 e. The minimum Gasteiger partial charge on any atom is -0.491 e. The van der Waals surface area contributed by atoms with Gasteiger partial charge in [0.2, 0.25) is 0 Å². The van der Waals surface area contributed by atoms with E-state index in [1.165, 1.54) is 22.5 Å². The van der Waals surface area contributed by atoms with E-state index in [-0.39, 0.29) is 18.7 Å². The molecule has 126 valence electrons. The molecule has 0 spiro atoms. The molecule has 1 aromatic carbocycles. The minimum atomic E-state index is -0.829. The van der Waals surface area contributed by atoms with Gasteiger partial charge in [-0.05, 0) is 12.1 Å². The van der Waals surface area contributed by atoms with E-state index in [0.29, 0.717) is 11.4 Å². The molecule has 0 radical (unpaired) electrons. The fraction of sp³-hybridized carbons (Fsp3) is 0.312. The molecule has 0 fully saturated rings. The summed E-state index contributed by atoms with van der Waals surface area (Å²) in [6.07, 6.45) is 0.613. The molecule has 3 aromatic rings. The molecular formula is C16H18N4O4. The summed E-state index contributed by atoms with van der Waals surface area (Å²) in [5.74, 6) is 0.658.